The lowest BCUT2D eigenvalue weighted by Crippen LogP contribution is -1.97. The molecule has 2 aromatic heterocycles. The maximum Gasteiger partial charge on any atom is 0.204 e. The Bertz CT molecular complexity index is 918. The number of anilines is 1. The van der Waals surface area contributed by atoms with Gasteiger partial charge in [-0.25, -0.2) is 4.98 Å². The number of para-hydroxylation sites is 2. The molecule has 0 aliphatic heterocycles. The molecule has 0 atom stereocenters. The van der Waals surface area contributed by atoms with E-state index >= 15 is 0 Å². The molecule has 0 spiro atoms. The Morgan fingerprint density at radius 1 is 1.14 bits per heavy atom. The van der Waals surface area contributed by atoms with Gasteiger partial charge in [-0.05, 0) is 31.2 Å². The van der Waals surface area contributed by atoms with Crippen LogP contribution in [0, 0.1) is 0 Å². The normalized spacial score (nSPS) is 12.1. The first-order valence-electron chi connectivity index (χ1n) is 6.94. The highest BCUT2D eigenvalue weighted by molar-refractivity contribution is 7.22. The van der Waals surface area contributed by atoms with E-state index in [1.165, 1.54) is 0 Å². The lowest BCUT2D eigenvalue weighted by Gasteiger charge is -1.96. The van der Waals surface area contributed by atoms with Crippen LogP contribution in [0.2, 0.25) is 0 Å². The zero-order valence-electron chi connectivity index (χ0n) is 11.9. The van der Waals surface area contributed by atoms with Crippen molar-refractivity contribution < 1.29 is 4.42 Å². The van der Waals surface area contributed by atoms with Gasteiger partial charge in [0.2, 0.25) is 5.13 Å². The van der Waals surface area contributed by atoms with Gasteiger partial charge in [-0.1, -0.05) is 41.7 Å². The van der Waals surface area contributed by atoms with Gasteiger partial charge < -0.3 is 4.42 Å². The molecule has 22 heavy (non-hydrogen) atoms. The van der Waals surface area contributed by atoms with Crippen molar-refractivity contribution in [1.82, 2.24) is 4.98 Å². The highest BCUT2D eigenvalue weighted by Gasteiger charge is 2.07. The van der Waals surface area contributed by atoms with Crippen LogP contribution in [0.25, 0.3) is 21.2 Å². The summed E-state index contributed by atoms with van der Waals surface area (Å²) in [6, 6.07) is 18.0. The summed E-state index contributed by atoms with van der Waals surface area (Å²) in [4.78, 5) is 4.49. The van der Waals surface area contributed by atoms with Gasteiger partial charge in [0.05, 0.1) is 10.2 Å². The van der Waals surface area contributed by atoms with Crippen molar-refractivity contribution in [1.29, 1.82) is 0 Å². The molecular formula is C17H13N3OS. The summed E-state index contributed by atoms with van der Waals surface area (Å²) in [6.45, 7) is 1.91. The number of fused-ring (bicyclic) bond motifs is 2. The van der Waals surface area contributed by atoms with Gasteiger partial charge in [0.15, 0.2) is 5.76 Å². The van der Waals surface area contributed by atoms with Gasteiger partial charge in [0.25, 0.3) is 0 Å². The van der Waals surface area contributed by atoms with E-state index in [4.69, 9.17) is 4.42 Å². The number of nitrogens with zero attached hydrogens (tertiary/aromatic N) is 2. The second-order valence-electron chi connectivity index (χ2n) is 4.94. The molecule has 0 saturated heterocycles. The Hall–Kier alpha value is -2.66. The van der Waals surface area contributed by atoms with Crippen molar-refractivity contribution in [3.63, 3.8) is 0 Å². The summed E-state index contributed by atoms with van der Waals surface area (Å²) in [7, 11) is 0. The molecule has 0 unspecified atom stereocenters. The van der Waals surface area contributed by atoms with Crippen molar-refractivity contribution in [2.24, 2.45) is 5.10 Å². The molecule has 108 valence electrons. The van der Waals surface area contributed by atoms with E-state index in [2.05, 4.69) is 15.5 Å². The van der Waals surface area contributed by atoms with Crippen LogP contribution in [-0.2, 0) is 0 Å². The summed E-state index contributed by atoms with van der Waals surface area (Å²) in [6.07, 6.45) is 0. The lowest BCUT2D eigenvalue weighted by atomic mass is 10.2. The number of rotatable bonds is 3. The molecule has 0 saturated carbocycles. The molecule has 1 N–H and O–H groups in total. The highest BCUT2D eigenvalue weighted by atomic mass is 32.1. The van der Waals surface area contributed by atoms with Gasteiger partial charge >= 0.3 is 0 Å². The maximum absolute atomic E-state index is 5.79. The van der Waals surface area contributed by atoms with E-state index in [9.17, 15) is 0 Å². The number of furan rings is 1. The van der Waals surface area contributed by atoms with Gasteiger partial charge in [-0.15, -0.1) is 0 Å². The van der Waals surface area contributed by atoms with Crippen molar-refractivity contribution in [3.05, 3.63) is 60.4 Å². The lowest BCUT2D eigenvalue weighted by molar-refractivity contribution is 0.604. The summed E-state index contributed by atoms with van der Waals surface area (Å²) < 4.78 is 6.93. The second-order valence-corrected chi connectivity index (χ2v) is 5.97. The van der Waals surface area contributed by atoms with Crippen LogP contribution in [0.1, 0.15) is 12.7 Å². The Balaban J connectivity index is 1.61. The molecule has 0 aliphatic carbocycles. The van der Waals surface area contributed by atoms with Gasteiger partial charge in [0, 0.05) is 5.39 Å². The molecule has 0 radical (unpaired) electrons. The van der Waals surface area contributed by atoms with Gasteiger partial charge in [-0.2, -0.15) is 5.10 Å². The topological polar surface area (TPSA) is 50.4 Å². The highest BCUT2D eigenvalue weighted by Crippen LogP contribution is 2.25. The van der Waals surface area contributed by atoms with Gasteiger partial charge in [0.1, 0.15) is 11.3 Å². The second kappa shape index (κ2) is 5.27. The maximum atomic E-state index is 5.79. The Labute approximate surface area is 131 Å². The predicted octanol–water partition coefficient (Wildman–Crippen LogP) is 4.88. The third-order valence-electron chi connectivity index (χ3n) is 3.40. The van der Waals surface area contributed by atoms with Crippen molar-refractivity contribution >= 4 is 43.4 Å². The number of nitrogens with one attached hydrogen (secondary N) is 1. The minimum atomic E-state index is 0.759. The smallest absolute Gasteiger partial charge is 0.204 e. The largest absolute Gasteiger partial charge is 0.455 e. The zero-order valence-corrected chi connectivity index (χ0v) is 12.7. The van der Waals surface area contributed by atoms with Crippen LogP contribution >= 0.6 is 11.3 Å². The van der Waals surface area contributed by atoms with Crippen LogP contribution in [0.15, 0.2) is 64.1 Å². The predicted molar refractivity (Wildman–Crippen MR) is 91.7 cm³/mol. The monoisotopic (exact) mass is 307 g/mol. The minimum Gasteiger partial charge on any atom is -0.455 e. The molecule has 2 aromatic carbocycles. The molecule has 0 amide bonds. The summed E-state index contributed by atoms with van der Waals surface area (Å²) in [5.74, 6) is 0.759. The molecule has 0 fully saturated rings. The fourth-order valence-electron chi connectivity index (χ4n) is 2.27. The number of hydrogen-bond donors (Lipinski definition) is 1. The molecule has 5 heteroatoms. The molecule has 4 rings (SSSR count). The fourth-order valence-corrected chi connectivity index (χ4v) is 3.08. The van der Waals surface area contributed by atoms with E-state index in [0.717, 1.165) is 37.8 Å². The molecule has 4 aromatic rings. The van der Waals surface area contributed by atoms with Crippen LogP contribution in [0.4, 0.5) is 5.13 Å². The summed E-state index contributed by atoms with van der Waals surface area (Å²) in [5, 5.41) is 6.23. The number of benzene rings is 2. The van der Waals surface area contributed by atoms with Gasteiger partial charge in [-0.3, -0.25) is 5.43 Å². The van der Waals surface area contributed by atoms with E-state index in [1.807, 2.05) is 61.5 Å². The van der Waals surface area contributed by atoms with Crippen molar-refractivity contribution in [2.75, 3.05) is 5.43 Å². The summed E-state index contributed by atoms with van der Waals surface area (Å²) in [5.41, 5.74) is 5.65. The first-order valence-corrected chi connectivity index (χ1v) is 7.76. The van der Waals surface area contributed by atoms with Crippen molar-refractivity contribution in [2.45, 2.75) is 6.92 Å². The van der Waals surface area contributed by atoms with E-state index < -0.39 is 0 Å². The third kappa shape index (κ3) is 2.35. The third-order valence-corrected chi connectivity index (χ3v) is 4.34. The van der Waals surface area contributed by atoms with E-state index in [-0.39, 0.29) is 0 Å². The molecule has 2 heterocycles. The van der Waals surface area contributed by atoms with Crippen LogP contribution < -0.4 is 5.43 Å². The average Bonchev–Trinajstić information content (AvgIpc) is 3.15. The average molecular weight is 307 g/mol. The number of aromatic nitrogens is 1. The molecular weight excluding hydrogens is 294 g/mol. The van der Waals surface area contributed by atoms with Crippen LogP contribution in [0.5, 0.6) is 0 Å². The molecule has 0 aliphatic rings. The first-order chi connectivity index (χ1) is 10.8. The van der Waals surface area contributed by atoms with Crippen molar-refractivity contribution in [3.8, 4) is 0 Å². The standard InChI is InChI=1S/C17H13N3OS/c1-11(15-10-12-6-2-4-8-14(12)21-15)19-20-17-18-13-7-3-5-9-16(13)22-17/h2-10H,1H3,(H,18,20)/b19-11+. The molecule has 4 nitrogen and oxygen atoms in total. The van der Waals surface area contributed by atoms with Crippen LogP contribution in [0.3, 0.4) is 0 Å². The number of hydrogen-bond acceptors (Lipinski definition) is 5. The van der Waals surface area contributed by atoms with E-state index in [1.54, 1.807) is 11.3 Å². The summed E-state index contributed by atoms with van der Waals surface area (Å²) >= 11 is 1.58. The Morgan fingerprint density at radius 2 is 1.95 bits per heavy atom. The SMILES string of the molecule is C/C(=N\Nc1nc2ccccc2s1)c1cc2ccccc2o1. The Kier molecular flexibility index (Phi) is 3.12. The van der Waals surface area contributed by atoms with E-state index in [0.29, 0.717) is 0 Å². The first kappa shape index (κ1) is 13.0. The Morgan fingerprint density at radius 3 is 2.82 bits per heavy atom. The number of thiazole rings is 1. The molecule has 0 bridgehead atoms. The minimum absolute atomic E-state index is 0.759. The zero-order chi connectivity index (χ0) is 14.9. The number of hydrazone groups is 1. The quantitative estimate of drug-likeness (QED) is 0.433. The fraction of sp³-hybridized carbons (Fsp3) is 0.0588. The van der Waals surface area contributed by atoms with Crippen LogP contribution in [-0.4, -0.2) is 10.7 Å².